The van der Waals surface area contributed by atoms with Gasteiger partial charge in [-0.15, -0.1) is 0 Å². The number of nitrogens with one attached hydrogen (secondary N) is 1. The predicted molar refractivity (Wildman–Crippen MR) is 78.4 cm³/mol. The fourth-order valence-corrected chi connectivity index (χ4v) is 3.51. The molecule has 0 aliphatic carbocycles. The molecule has 2 heterocycles. The van der Waals surface area contributed by atoms with Crippen molar-refractivity contribution in [3.63, 3.8) is 0 Å². The monoisotopic (exact) mass is 261 g/mol. The molecule has 96 valence electrons. The van der Waals surface area contributed by atoms with Gasteiger partial charge in [-0.3, -0.25) is 0 Å². The topological polar surface area (TPSA) is 28.2 Å². The van der Waals surface area contributed by atoms with Gasteiger partial charge in [-0.1, -0.05) is 30.4 Å². The summed E-state index contributed by atoms with van der Waals surface area (Å²) in [7, 11) is 0. The van der Waals surface area contributed by atoms with E-state index in [1.807, 2.05) is 6.07 Å². The smallest absolute Gasteiger partial charge is 0.184 e. The molecule has 1 fully saturated rings. The summed E-state index contributed by atoms with van der Waals surface area (Å²) < 4.78 is 1.27. The first-order chi connectivity index (χ1) is 8.85. The van der Waals surface area contributed by atoms with Gasteiger partial charge in [0.15, 0.2) is 5.13 Å². The van der Waals surface area contributed by atoms with Crippen LogP contribution in [0.15, 0.2) is 24.3 Å². The number of hydrogen-bond acceptors (Lipinski definition) is 4. The van der Waals surface area contributed by atoms with E-state index in [-0.39, 0.29) is 0 Å². The predicted octanol–water partition coefficient (Wildman–Crippen LogP) is 3.19. The lowest BCUT2D eigenvalue weighted by Crippen LogP contribution is -2.41. The number of rotatable bonds is 3. The van der Waals surface area contributed by atoms with Crippen LogP contribution in [-0.2, 0) is 0 Å². The van der Waals surface area contributed by atoms with Crippen LogP contribution >= 0.6 is 11.3 Å². The van der Waals surface area contributed by atoms with E-state index < -0.39 is 0 Å². The van der Waals surface area contributed by atoms with Crippen molar-refractivity contribution in [2.45, 2.75) is 25.8 Å². The summed E-state index contributed by atoms with van der Waals surface area (Å²) in [6.45, 7) is 5.78. The highest BCUT2D eigenvalue weighted by atomic mass is 32.1. The van der Waals surface area contributed by atoms with Crippen LogP contribution in [0.5, 0.6) is 0 Å². The van der Waals surface area contributed by atoms with E-state index in [0.29, 0.717) is 6.04 Å². The molecule has 3 rings (SSSR count). The summed E-state index contributed by atoms with van der Waals surface area (Å²) >= 11 is 1.76. The van der Waals surface area contributed by atoms with Crippen molar-refractivity contribution < 1.29 is 0 Å². The maximum absolute atomic E-state index is 4.65. The fourth-order valence-electron chi connectivity index (χ4n) is 2.57. The average Bonchev–Trinajstić information content (AvgIpc) is 2.81. The number of aromatic nitrogens is 1. The second-order valence-electron chi connectivity index (χ2n) is 4.86. The minimum atomic E-state index is 0.555. The summed E-state index contributed by atoms with van der Waals surface area (Å²) in [6, 6.07) is 8.89. The van der Waals surface area contributed by atoms with E-state index >= 15 is 0 Å². The van der Waals surface area contributed by atoms with Crippen LogP contribution in [0.1, 0.15) is 19.8 Å². The Morgan fingerprint density at radius 3 is 3.17 bits per heavy atom. The maximum Gasteiger partial charge on any atom is 0.184 e. The molecule has 1 aliphatic rings. The molecule has 1 unspecified atom stereocenters. The molecule has 18 heavy (non-hydrogen) atoms. The van der Waals surface area contributed by atoms with Gasteiger partial charge < -0.3 is 10.2 Å². The minimum Gasteiger partial charge on any atom is -0.357 e. The molecule has 1 aromatic heterocycles. The zero-order valence-corrected chi connectivity index (χ0v) is 11.5. The molecule has 1 aromatic carbocycles. The number of hydrogen-bond donors (Lipinski definition) is 1. The van der Waals surface area contributed by atoms with Gasteiger partial charge in [-0.05, 0) is 38.1 Å². The van der Waals surface area contributed by atoms with Crippen LogP contribution in [0.4, 0.5) is 5.13 Å². The first-order valence-electron chi connectivity index (χ1n) is 6.69. The summed E-state index contributed by atoms with van der Waals surface area (Å²) in [5, 5.41) is 4.67. The molecule has 1 atom stereocenters. The molecule has 0 spiro atoms. The van der Waals surface area contributed by atoms with Gasteiger partial charge in [0.05, 0.1) is 10.2 Å². The molecule has 1 saturated heterocycles. The van der Waals surface area contributed by atoms with E-state index in [1.54, 1.807) is 11.3 Å². The lowest BCUT2D eigenvalue weighted by molar-refractivity contribution is 0.227. The Morgan fingerprint density at radius 2 is 2.33 bits per heavy atom. The standard InChI is InChI=1S/C14H19N3S/c1-2-17-9-5-6-11(10-17)15-14-16-12-7-3-4-8-13(12)18-14/h3-4,7-8,11H,2,5-6,9-10H2,1H3,(H,15,16). The third-order valence-corrected chi connectivity index (χ3v) is 4.54. The van der Waals surface area contributed by atoms with Crippen LogP contribution < -0.4 is 5.32 Å². The number of fused-ring (bicyclic) bond motifs is 1. The van der Waals surface area contributed by atoms with Crippen LogP contribution in [0.3, 0.4) is 0 Å². The number of anilines is 1. The SMILES string of the molecule is CCN1CCCC(Nc2nc3ccccc3s2)C1. The number of nitrogens with zero attached hydrogens (tertiary/aromatic N) is 2. The number of likely N-dealkylation sites (N-methyl/N-ethyl adjacent to an activating group) is 1. The highest BCUT2D eigenvalue weighted by molar-refractivity contribution is 7.22. The van der Waals surface area contributed by atoms with Crippen molar-refractivity contribution in [1.82, 2.24) is 9.88 Å². The first-order valence-corrected chi connectivity index (χ1v) is 7.51. The van der Waals surface area contributed by atoms with E-state index in [9.17, 15) is 0 Å². The van der Waals surface area contributed by atoms with Gasteiger partial charge in [0.1, 0.15) is 0 Å². The van der Waals surface area contributed by atoms with Gasteiger partial charge in [-0.25, -0.2) is 4.98 Å². The molecule has 0 saturated carbocycles. The van der Waals surface area contributed by atoms with Gasteiger partial charge in [0.2, 0.25) is 0 Å². The molecule has 4 heteroatoms. The molecule has 0 radical (unpaired) electrons. The van der Waals surface area contributed by atoms with Crippen molar-refractivity contribution in [3.05, 3.63) is 24.3 Å². The van der Waals surface area contributed by atoms with Crippen molar-refractivity contribution in [2.24, 2.45) is 0 Å². The van der Waals surface area contributed by atoms with Crippen LogP contribution in [-0.4, -0.2) is 35.6 Å². The molecule has 2 aromatic rings. The van der Waals surface area contributed by atoms with E-state index in [4.69, 9.17) is 0 Å². The second-order valence-corrected chi connectivity index (χ2v) is 5.89. The highest BCUT2D eigenvalue weighted by Crippen LogP contribution is 2.27. The number of thiazole rings is 1. The lowest BCUT2D eigenvalue weighted by Gasteiger charge is -2.32. The third kappa shape index (κ3) is 2.49. The minimum absolute atomic E-state index is 0.555. The highest BCUT2D eigenvalue weighted by Gasteiger charge is 2.19. The zero-order chi connectivity index (χ0) is 12.4. The number of piperidine rings is 1. The number of para-hydroxylation sites is 1. The van der Waals surface area contributed by atoms with Crippen LogP contribution in [0.2, 0.25) is 0 Å². The number of benzene rings is 1. The van der Waals surface area contributed by atoms with Crippen LogP contribution in [0, 0.1) is 0 Å². The van der Waals surface area contributed by atoms with Crippen LogP contribution in [0.25, 0.3) is 10.2 Å². The molecule has 1 aliphatic heterocycles. The summed E-state index contributed by atoms with van der Waals surface area (Å²) in [5.41, 5.74) is 1.10. The molecular formula is C14H19N3S. The number of likely N-dealkylation sites (tertiary alicyclic amines) is 1. The Kier molecular flexibility index (Phi) is 3.48. The fraction of sp³-hybridized carbons (Fsp3) is 0.500. The van der Waals surface area contributed by atoms with Crippen molar-refractivity contribution in [3.8, 4) is 0 Å². The Labute approximate surface area is 112 Å². The first kappa shape index (κ1) is 11.9. The Bertz CT molecular complexity index is 489. The van der Waals surface area contributed by atoms with Crippen molar-refractivity contribution in [1.29, 1.82) is 0 Å². The summed E-state index contributed by atoms with van der Waals surface area (Å²) in [5.74, 6) is 0. The summed E-state index contributed by atoms with van der Waals surface area (Å²) in [6.07, 6.45) is 2.54. The zero-order valence-electron chi connectivity index (χ0n) is 10.7. The van der Waals surface area contributed by atoms with Gasteiger partial charge >= 0.3 is 0 Å². The summed E-state index contributed by atoms with van der Waals surface area (Å²) in [4.78, 5) is 7.15. The molecule has 0 bridgehead atoms. The van der Waals surface area contributed by atoms with Crippen molar-refractivity contribution >= 4 is 26.7 Å². The Morgan fingerprint density at radius 1 is 1.44 bits per heavy atom. The molecule has 1 N–H and O–H groups in total. The molecule has 0 amide bonds. The van der Waals surface area contributed by atoms with Gasteiger partial charge in [0.25, 0.3) is 0 Å². The quantitative estimate of drug-likeness (QED) is 0.919. The normalized spacial score (nSPS) is 21.3. The molecule has 3 nitrogen and oxygen atoms in total. The largest absolute Gasteiger partial charge is 0.357 e. The molecular weight excluding hydrogens is 242 g/mol. The van der Waals surface area contributed by atoms with E-state index in [1.165, 1.54) is 24.1 Å². The third-order valence-electron chi connectivity index (χ3n) is 3.57. The van der Waals surface area contributed by atoms with E-state index in [0.717, 1.165) is 23.7 Å². The van der Waals surface area contributed by atoms with Gasteiger partial charge in [-0.2, -0.15) is 0 Å². The van der Waals surface area contributed by atoms with E-state index in [2.05, 4.69) is 40.3 Å². The average molecular weight is 261 g/mol. The van der Waals surface area contributed by atoms with Crippen molar-refractivity contribution in [2.75, 3.05) is 25.0 Å². The maximum atomic E-state index is 4.65. The lowest BCUT2D eigenvalue weighted by atomic mass is 10.1. The second kappa shape index (κ2) is 5.24. The van der Waals surface area contributed by atoms with Gasteiger partial charge in [0, 0.05) is 12.6 Å². The Balaban J connectivity index is 1.71. The Hall–Kier alpha value is -1.13.